The average Bonchev–Trinajstić information content (AvgIpc) is 1.50. The van der Waals surface area contributed by atoms with Gasteiger partial charge in [0.05, 0.1) is 21.9 Å². The number of benzene rings is 16. The third-order valence-electron chi connectivity index (χ3n) is 24.6. The second kappa shape index (κ2) is 28.2. The van der Waals surface area contributed by atoms with Gasteiger partial charge in [-0.3, -0.25) is 0 Å². The van der Waals surface area contributed by atoms with Crippen molar-refractivity contribution in [1.29, 1.82) is 0 Å². The van der Waals surface area contributed by atoms with E-state index in [0.29, 0.717) is 0 Å². The Balaban J connectivity index is 0.000000141. The number of nitrogens with one attached hydrogen (secondary N) is 1. The number of hydrogen-bond donors (Lipinski definition) is 1. The molecular formula is C110H87Br2N3O2. The van der Waals surface area contributed by atoms with Gasteiger partial charge >= 0.3 is 0 Å². The number of fused-ring (bicyclic) bond motifs is 28. The summed E-state index contributed by atoms with van der Waals surface area (Å²) >= 11 is 7.73. The molecule has 2 aromatic heterocycles. The molecule has 0 bridgehead atoms. The predicted molar refractivity (Wildman–Crippen MR) is 497 cm³/mol. The van der Waals surface area contributed by atoms with E-state index in [4.69, 9.17) is 8.83 Å². The summed E-state index contributed by atoms with van der Waals surface area (Å²) in [6.45, 7) is 20.3. The quantitative estimate of drug-likeness (QED) is 0.164. The zero-order chi connectivity index (χ0) is 79.9. The van der Waals surface area contributed by atoms with Crippen LogP contribution in [-0.2, 0) is 27.1 Å². The van der Waals surface area contributed by atoms with E-state index in [2.05, 4.69) is 443 Å². The minimum atomic E-state index is -0.660. The van der Waals surface area contributed by atoms with Gasteiger partial charge in [-0.25, -0.2) is 0 Å². The summed E-state index contributed by atoms with van der Waals surface area (Å²) in [5.41, 5.74) is 35.8. The Hall–Kier alpha value is -12.5. The van der Waals surface area contributed by atoms with Crippen LogP contribution in [0.1, 0.15) is 124 Å². The molecule has 0 saturated carbocycles. The Labute approximate surface area is 701 Å². The van der Waals surface area contributed by atoms with Gasteiger partial charge in [-0.05, 0) is 232 Å². The lowest BCUT2D eigenvalue weighted by Crippen LogP contribution is -2.26. The van der Waals surface area contributed by atoms with E-state index < -0.39 is 10.8 Å². The highest BCUT2D eigenvalue weighted by Gasteiger charge is 2.55. The maximum Gasteiger partial charge on any atom is 0.145 e. The molecule has 18 aromatic rings. The molecule has 1 N–H and O–H groups in total. The van der Waals surface area contributed by atoms with Crippen molar-refractivity contribution in [3.8, 4) is 44.5 Å². The molecule has 4 aliphatic carbocycles. The van der Waals surface area contributed by atoms with Gasteiger partial charge < -0.3 is 24.0 Å². The number of furan rings is 2. The highest BCUT2D eigenvalue weighted by Crippen LogP contribution is 2.68. The van der Waals surface area contributed by atoms with Crippen molar-refractivity contribution in [1.82, 2.24) is 0 Å². The third kappa shape index (κ3) is 11.9. The lowest BCUT2D eigenvalue weighted by Gasteiger charge is -2.33. The van der Waals surface area contributed by atoms with Crippen molar-refractivity contribution in [2.24, 2.45) is 0 Å². The van der Waals surface area contributed by atoms with Crippen LogP contribution in [0.2, 0.25) is 0 Å². The number of anilines is 8. The van der Waals surface area contributed by atoms with E-state index >= 15 is 0 Å². The lowest BCUT2D eigenvalue weighted by atomic mass is 9.70. The highest BCUT2D eigenvalue weighted by molar-refractivity contribution is 9.11. The summed E-state index contributed by atoms with van der Waals surface area (Å²) < 4.78 is 16.0. The summed E-state index contributed by atoms with van der Waals surface area (Å²) in [5.74, 6) is 0. The second-order valence-electron chi connectivity index (χ2n) is 34.6. The smallest absolute Gasteiger partial charge is 0.145 e. The van der Waals surface area contributed by atoms with Crippen LogP contribution < -0.4 is 15.1 Å². The van der Waals surface area contributed by atoms with Crippen LogP contribution in [0.25, 0.3) is 88.4 Å². The highest BCUT2D eigenvalue weighted by atomic mass is 79.9. The molecule has 568 valence electrons. The Morgan fingerprint density at radius 1 is 0.274 bits per heavy atom. The first-order valence-corrected chi connectivity index (χ1v) is 42.2. The van der Waals surface area contributed by atoms with E-state index in [9.17, 15) is 0 Å². The molecule has 7 heteroatoms. The average molecular weight is 1640 g/mol. The summed E-state index contributed by atoms with van der Waals surface area (Å²) in [7, 11) is 0. The molecule has 2 heterocycles. The van der Waals surface area contributed by atoms with Crippen molar-refractivity contribution in [2.75, 3.05) is 15.1 Å². The molecule has 0 fully saturated rings. The fourth-order valence-electron chi connectivity index (χ4n) is 19.2. The van der Waals surface area contributed by atoms with E-state index in [0.717, 1.165) is 104 Å². The number of halogens is 2. The normalized spacial score (nSPS) is 13.4. The minimum absolute atomic E-state index is 0.0178. The van der Waals surface area contributed by atoms with E-state index in [1.807, 2.05) is 24.3 Å². The first-order valence-electron chi connectivity index (χ1n) is 40.6. The van der Waals surface area contributed by atoms with Gasteiger partial charge in [-0.1, -0.05) is 331 Å². The third-order valence-corrected chi connectivity index (χ3v) is 25.7. The van der Waals surface area contributed by atoms with Crippen LogP contribution in [0, 0.1) is 0 Å². The summed E-state index contributed by atoms with van der Waals surface area (Å²) in [6.07, 6.45) is 0. The van der Waals surface area contributed by atoms with E-state index in [1.165, 1.54) is 100 Å². The number of rotatable bonds is 8. The minimum Gasteiger partial charge on any atom is -0.455 e. The molecule has 0 amide bonds. The van der Waals surface area contributed by atoms with Gasteiger partial charge in [0.2, 0.25) is 0 Å². The maximum atomic E-state index is 7.28. The van der Waals surface area contributed by atoms with Crippen molar-refractivity contribution in [2.45, 2.75) is 89.4 Å². The van der Waals surface area contributed by atoms with Gasteiger partial charge in [0.1, 0.15) is 22.3 Å². The molecule has 0 aliphatic heterocycles. The fourth-order valence-corrected chi connectivity index (χ4v) is 20.2. The Morgan fingerprint density at radius 3 is 1.10 bits per heavy atom. The van der Waals surface area contributed by atoms with Crippen LogP contribution in [0.3, 0.4) is 0 Å². The number of para-hydroxylation sites is 5. The molecule has 0 radical (unpaired) electrons. The molecule has 22 rings (SSSR count). The van der Waals surface area contributed by atoms with Crippen molar-refractivity contribution in [3.63, 3.8) is 0 Å². The Morgan fingerprint density at radius 2 is 0.624 bits per heavy atom. The lowest BCUT2D eigenvalue weighted by molar-refractivity contribution is 0.590. The van der Waals surface area contributed by atoms with Crippen molar-refractivity contribution >= 4 is 121 Å². The number of nitrogens with zero attached hydrogens (tertiary/aromatic N) is 2. The maximum absolute atomic E-state index is 7.28. The molecule has 0 unspecified atom stereocenters. The second-order valence-corrected chi connectivity index (χ2v) is 36.3. The van der Waals surface area contributed by atoms with Crippen LogP contribution in [0.5, 0.6) is 0 Å². The SMILES string of the molecule is Brc1ccc2c(c1)C1(c3ccccc3-c3ccccc31)c1cc(Br)c3c(oc4ccccc43)c1-2.CC(C)(C)c1ccc(N(c2ccccc2)c2ccc3c(c2)C2(c4ccccc4-c4ccccc42)c2cc(N(c4ccccc4)c4ccc(C(C)(C)C)cc4)c4c(oc5ccccc54)c2-3)cc1.CC(C)(C)c1ccc(Nc2ccccc2)cc1. The first-order chi connectivity index (χ1) is 56.8. The fraction of sp³-hybridized carbons (Fsp3) is 0.127. The zero-order valence-corrected chi connectivity index (χ0v) is 70.2. The van der Waals surface area contributed by atoms with Gasteiger partial charge in [0.25, 0.3) is 0 Å². The molecule has 2 spiro atoms. The van der Waals surface area contributed by atoms with Gasteiger partial charge in [0, 0.05) is 76.0 Å². The zero-order valence-electron chi connectivity index (χ0n) is 67.0. The largest absolute Gasteiger partial charge is 0.455 e. The summed E-state index contributed by atoms with van der Waals surface area (Å²) in [5, 5.41) is 7.86. The molecule has 0 saturated heterocycles. The molecular weight excluding hydrogens is 1560 g/mol. The molecule has 117 heavy (non-hydrogen) atoms. The summed E-state index contributed by atoms with van der Waals surface area (Å²) in [6, 6.07) is 130. The Bertz CT molecular complexity index is 6830. The monoisotopic (exact) mass is 1640 g/mol. The molecule has 4 aliphatic rings. The van der Waals surface area contributed by atoms with E-state index in [1.54, 1.807) is 0 Å². The van der Waals surface area contributed by atoms with Crippen LogP contribution >= 0.6 is 31.9 Å². The van der Waals surface area contributed by atoms with Crippen LogP contribution in [-0.4, -0.2) is 0 Å². The first kappa shape index (κ1) is 73.4. The molecule has 5 nitrogen and oxygen atoms in total. The predicted octanol–water partition coefficient (Wildman–Crippen LogP) is 31.6. The van der Waals surface area contributed by atoms with Crippen LogP contribution in [0.15, 0.2) is 376 Å². The van der Waals surface area contributed by atoms with Crippen LogP contribution in [0.4, 0.5) is 45.5 Å². The van der Waals surface area contributed by atoms with Gasteiger partial charge in [-0.2, -0.15) is 0 Å². The molecule has 0 atom stereocenters. The van der Waals surface area contributed by atoms with Gasteiger partial charge in [-0.15, -0.1) is 0 Å². The van der Waals surface area contributed by atoms with Gasteiger partial charge in [0.15, 0.2) is 0 Å². The van der Waals surface area contributed by atoms with E-state index in [-0.39, 0.29) is 16.2 Å². The molecule has 16 aromatic carbocycles. The Kier molecular flexibility index (Phi) is 17.7. The number of hydrogen-bond acceptors (Lipinski definition) is 5. The summed E-state index contributed by atoms with van der Waals surface area (Å²) in [4.78, 5) is 4.86. The standard InChI is InChI=1S/C63H52N2O.C31H16Br2O.C16H19N/c1-61(2,3)41-29-33-45(34-30-41)64(43-19-9-7-10-20-43)47-37-38-50-54(39-47)63(52-26-16-13-23-48(52)49-24-14-17-27-53(49)63)55-40-56(59-51-25-15-18-28-57(51)66-60(59)58(50)55)65(44-21-11-8-12-22-44)46-35-31-42(32-36-46)62(4,5)6;32-17-13-14-20-24(15-17)31(22-10-4-1-7-18(22)19-8-2-5-11-23(19)31)25-16-26(33)29-21-9-3-6-12-27(21)34-30(29)28(20)25;1-16(2,3)13-9-11-15(12-10-13)17-14-7-5-4-6-8-14/h7-40H,1-6H3;1-16H;4-12,17H,1-3H3. The van der Waals surface area contributed by atoms with Crippen molar-refractivity contribution in [3.05, 3.63) is 428 Å². The van der Waals surface area contributed by atoms with Crippen molar-refractivity contribution < 1.29 is 8.83 Å². The topological polar surface area (TPSA) is 44.8 Å².